The van der Waals surface area contributed by atoms with Crippen LogP contribution in [0.2, 0.25) is 0 Å². The molecule has 0 aliphatic carbocycles. The number of nitro benzene ring substituents is 1. The highest BCUT2D eigenvalue weighted by Gasteiger charge is 2.66. The predicted octanol–water partition coefficient (Wildman–Crippen LogP) is 1.95. The van der Waals surface area contributed by atoms with Gasteiger partial charge in [-0.15, -0.1) is 0 Å². The van der Waals surface area contributed by atoms with Crippen molar-refractivity contribution < 1.29 is 28.8 Å². The monoisotopic (exact) mass is 437 g/mol. The number of carbonyl (C=O) groups is 4. The zero-order valence-electron chi connectivity index (χ0n) is 17.3. The van der Waals surface area contributed by atoms with Crippen molar-refractivity contribution in [3.8, 4) is 0 Å². The van der Waals surface area contributed by atoms with Crippen molar-refractivity contribution in [2.45, 2.75) is 18.8 Å². The van der Waals surface area contributed by atoms with Gasteiger partial charge in [0.25, 0.3) is 5.69 Å². The summed E-state index contributed by atoms with van der Waals surface area (Å²) in [6, 6.07) is 11.6. The minimum absolute atomic E-state index is 0.00259. The molecule has 0 aromatic heterocycles. The number of hydrogen-bond acceptors (Lipinski definition) is 7. The first kappa shape index (κ1) is 21.2. The van der Waals surface area contributed by atoms with E-state index < -0.39 is 46.4 Å². The molecule has 2 atom stereocenters. The predicted molar refractivity (Wildman–Crippen MR) is 112 cm³/mol. The number of hydrogen-bond donors (Lipinski definition) is 0. The number of ether oxygens (including phenoxy) is 1. The van der Waals surface area contributed by atoms with Crippen LogP contribution in [-0.4, -0.2) is 42.3 Å². The van der Waals surface area contributed by atoms with Crippen LogP contribution in [0.15, 0.2) is 48.5 Å². The molecule has 1 fully saturated rings. The number of nitro groups is 1. The van der Waals surface area contributed by atoms with Gasteiger partial charge in [0.05, 0.1) is 23.1 Å². The summed E-state index contributed by atoms with van der Waals surface area (Å²) in [5, 5.41) is 11.1. The number of esters is 1. The van der Waals surface area contributed by atoms with E-state index in [1.807, 2.05) is 0 Å². The van der Waals surface area contributed by atoms with Crippen LogP contribution in [-0.2, 0) is 29.3 Å². The molecule has 0 unspecified atom stereocenters. The molecular formula is C22H19N3O7. The van der Waals surface area contributed by atoms with Crippen LogP contribution < -0.4 is 9.80 Å². The lowest BCUT2D eigenvalue weighted by Gasteiger charge is -2.30. The number of imide groups is 1. The largest absolute Gasteiger partial charge is 0.465 e. The molecule has 2 aliphatic rings. The molecule has 4 rings (SSSR count). The average molecular weight is 437 g/mol. The second kappa shape index (κ2) is 7.56. The SMILES string of the molecule is CCOC(=O)[C@]1([C@@H]2CC(=O)N(c3cccc([N+](=O)[O-])c3)C2=O)C(=O)N(C)c2ccccc21. The molecule has 10 heteroatoms. The van der Waals surface area contributed by atoms with Crippen LogP contribution in [0.5, 0.6) is 0 Å². The molecule has 10 nitrogen and oxygen atoms in total. The highest BCUT2D eigenvalue weighted by Crippen LogP contribution is 2.50. The van der Waals surface area contributed by atoms with Crippen LogP contribution in [0.3, 0.4) is 0 Å². The van der Waals surface area contributed by atoms with Gasteiger partial charge in [-0.05, 0) is 19.1 Å². The molecule has 32 heavy (non-hydrogen) atoms. The molecule has 0 radical (unpaired) electrons. The van der Waals surface area contributed by atoms with Crippen molar-refractivity contribution in [1.82, 2.24) is 0 Å². The van der Waals surface area contributed by atoms with Crippen molar-refractivity contribution in [2.24, 2.45) is 5.92 Å². The topological polar surface area (TPSA) is 127 Å². The Hall–Kier alpha value is -4.08. The summed E-state index contributed by atoms with van der Waals surface area (Å²) in [6.07, 6.45) is -0.422. The number of rotatable bonds is 5. The number of carbonyl (C=O) groups excluding carboxylic acids is 4. The van der Waals surface area contributed by atoms with Gasteiger partial charge in [-0.25, -0.2) is 4.90 Å². The van der Waals surface area contributed by atoms with Crippen LogP contribution in [0.1, 0.15) is 18.9 Å². The fourth-order valence-corrected chi connectivity index (χ4v) is 4.50. The van der Waals surface area contributed by atoms with Crippen molar-refractivity contribution >= 4 is 40.8 Å². The molecule has 164 valence electrons. The van der Waals surface area contributed by atoms with E-state index in [1.165, 1.54) is 30.1 Å². The maximum absolute atomic E-state index is 13.5. The minimum Gasteiger partial charge on any atom is -0.465 e. The van der Waals surface area contributed by atoms with Crippen LogP contribution in [0.25, 0.3) is 0 Å². The normalized spacial score (nSPS) is 22.3. The van der Waals surface area contributed by atoms with E-state index >= 15 is 0 Å². The maximum atomic E-state index is 13.5. The second-order valence-corrected chi connectivity index (χ2v) is 7.51. The summed E-state index contributed by atoms with van der Waals surface area (Å²) in [5.74, 6) is -4.38. The first-order valence-corrected chi connectivity index (χ1v) is 9.91. The van der Waals surface area contributed by atoms with E-state index in [0.717, 1.165) is 11.0 Å². The molecule has 0 N–H and O–H groups in total. The Morgan fingerprint density at radius 3 is 2.59 bits per heavy atom. The van der Waals surface area contributed by atoms with E-state index in [9.17, 15) is 29.3 Å². The molecule has 0 saturated carbocycles. The highest BCUT2D eigenvalue weighted by atomic mass is 16.6. The number of likely N-dealkylation sites (N-methyl/N-ethyl adjacent to an activating group) is 1. The van der Waals surface area contributed by atoms with Crippen LogP contribution in [0, 0.1) is 16.0 Å². The van der Waals surface area contributed by atoms with E-state index in [0.29, 0.717) is 5.69 Å². The summed E-state index contributed by atoms with van der Waals surface area (Å²) in [5.41, 5.74) is -1.59. The fraction of sp³-hybridized carbons (Fsp3) is 0.273. The quantitative estimate of drug-likeness (QED) is 0.230. The first-order valence-electron chi connectivity index (χ1n) is 9.91. The van der Waals surface area contributed by atoms with E-state index in [1.54, 1.807) is 31.2 Å². The Kier molecular flexibility index (Phi) is 5.00. The number of benzene rings is 2. The zero-order valence-corrected chi connectivity index (χ0v) is 17.3. The van der Waals surface area contributed by atoms with Gasteiger partial charge in [0.2, 0.25) is 17.7 Å². The average Bonchev–Trinajstić information content (AvgIpc) is 3.19. The number of nitrogens with zero attached hydrogens (tertiary/aromatic N) is 3. The zero-order chi connectivity index (χ0) is 23.2. The summed E-state index contributed by atoms with van der Waals surface area (Å²) < 4.78 is 5.23. The molecule has 0 spiro atoms. The van der Waals surface area contributed by atoms with Gasteiger partial charge >= 0.3 is 5.97 Å². The van der Waals surface area contributed by atoms with Gasteiger partial charge in [-0.2, -0.15) is 0 Å². The lowest BCUT2D eigenvalue weighted by atomic mass is 9.70. The number of para-hydroxylation sites is 1. The van der Waals surface area contributed by atoms with Gasteiger partial charge in [-0.1, -0.05) is 24.3 Å². The number of fused-ring (bicyclic) bond motifs is 1. The van der Waals surface area contributed by atoms with Crippen molar-refractivity contribution in [1.29, 1.82) is 0 Å². The summed E-state index contributed by atoms with van der Waals surface area (Å²) >= 11 is 0. The smallest absolute Gasteiger partial charge is 0.327 e. The lowest BCUT2D eigenvalue weighted by Crippen LogP contribution is -2.54. The molecule has 2 aromatic carbocycles. The number of non-ortho nitro benzene ring substituents is 1. The van der Waals surface area contributed by atoms with E-state index in [4.69, 9.17) is 4.74 Å². The van der Waals surface area contributed by atoms with Crippen molar-refractivity contribution in [3.05, 3.63) is 64.2 Å². The summed E-state index contributed by atoms with van der Waals surface area (Å²) in [7, 11) is 1.49. The standard InChI is InChI=1S/C22H19N3O7/c1-3-32-21(29)22(15-9-4-5-10-17(15)23(2)20(22)28)16-12-18(26)24(19(16)27)13-7-6-8-14(11-13)25(30)31/h4-11,16H,3,12H2,1-2H3/t16-,22-/m1/s1. The van der Waals surface area contributed by atoms with Gasteiger partial charge in [0.1, 0.15) is 0 Å². The summed E-state index contributed by atoms with van der Waals surface area (Å²) in [6.45, 7) is 1.56. The number of amides is 3. The number of anilines is 2. The van der Waals surface area contributed by atoms with Gasteiger partial charge < -0.3 is 9.64 Å². The lowest BCUT2D eigenvalue weighted by molar-refractivity contribution is -0.384. The van der Waals surface area contributed by atoms with Crippen molar-refractivity contribution in [2.75, 3.05) is 23.5 Å². The van der Waals surface area contributed by atoms with E-state index in [2.05, 4.69) is 0 Å². The third-order valence-corrected chi connectivity index (χ3v) is 5.90. The van der Waals surface area contributed by atoms with Crippen LogP contribution >= 0.6 is 0 Å². The molecule has 2 aromatic rings. The minimum atomic E-state index is -2.02. The van der Waals surface area contributed by atoms with Gasteiger partial charge in [0.15, 0.2) is 5.41 Å². The molecule has 1 saturated heterocycles. The third-order valence-electron chi connectivity index (χ3n) is 5.90. The Morgan fingerprint density at radius 2 is 1.91 bits per heavy atom. The Labute approximate surface area is 182 Å². The molecule has 2 aliphatic heterocycles. The van der Waals surface area contributed by atoms with Gasteiger partial charge in [0, 0.05) is 36.9 Å². The molecular weight excluding hydrogens is 418 g/mol. The highest BCUT2D eigenvalue weighted by molar-refractivity contribution is 6.29. The van der Waals surface area contributed by atoms with E-state index in [-0.39, 0.29) is 23.5 Å². The molecule has 0 bridgehead atoms. The van der Waals surface area contributed by atoms with Crippen molar-refractivity contribution in [3.63, 3.8) is 0 Å². The Bertz CT molecular complexity index is 1180. The molecule has 3 amide bonds. The molecule has 2 heterocycles. The first-order chi connectivity index (χ1) is 15.2. The van der Waals surface area contributed by atoms with Gasteiger partial charge in [-0.3, -0.25) is 29.3 Å². The third kappa shape index (κ3) is 2.79. The Balaban J connectivity index is 1.86. The fourth-order valence-electron chi connectivity index (χ4n) is 4.50. The maximum Gasteiger partial charge on any atom is 0.327 e. The Morgan fingerprint density at radius 1 is 1.19 bits per heavy atom. The second-order valence-electron chi connectivity index (χ2n) is 7.51. The van der Waals surface area contributed by atoms with Crippen LogP contribution in [0.4, 0.5) is 17.1 Å². The summed E-state index contributed by atoms with van der Waals surface area (Å²) in [4.78, 5) is 65.8.